The Balaban J connectivity index is 1.92. The third-order valence-electron chi connectivity index (χ3n) is 4.77. The van der Waals surface area contributed by atoms with E-state index < -0.39 is 0 Å². The number of hydrogen-bond acceptors (Lipinski definition) is 2. The molecule has 0 saturated carbocycles. The lowest BCUT2D eigenvalue weighted by Gasteiger charge is -2.28. The zero-order valence-electron chi connectivity index (χ0n) is 16.1. The van der Waals surface area contributed by atoms with Gasteiger partial charge in [-0.05, 0) is 35.2 Å². The second-order valence-corrected chi connectivity index (χ2v) is 6.82. The molecule has 0 aromatic heterocycles. The van der Waals surface area contributed by atoms with E-state index in [0.29, 0.717) is 18.7 Å². The molecule has 0 fully saturated rings. The van der Waals surface area contributed by atoms with Gasteiger partial charge in [-0.3, -0.25) is 4.79 Å². The van der Waals surface area contributed by atoms with Crippen LogP contribution in [0.1, 0.15) is 41.5 Å². The van der Waals surface area contributed by atoms with E-state index in [2.05, 4.69) is 13.0 Å². The van der Waals surface area contributed by atoms with Crippen molar-refractivity contribution < 1.29 is 4.79 Å². The molecule has 0 aliphatic rings. The second-order valence-electron chi connectivity index (χ2n) is 6.82. The quantitative estimate of drug-likeness (QED) is 0.580. The molecule has 0 radical (unpaired) electrons. The molecule has 140 valence electrons. The van der Waals surface area contributed by atoms with E-state index in [1.165, 1.54) is 0 Å². The Labute approximate surface area is 166 Å². The van der Waals surface area contributed by atoms with Gasteiger partial charge in [0.2, 0.25) is 5.91 Å². The van der Waals surface area contributed by atoms with Crippen LogP contribution in [0.5, 0.6) is 0 Å². The number of nitrogens with zero attached hydrogens (tertiary/aromatic N) is 2. The number of benzene rings is 3. The standard InChI is InChI=1S/C25H24N2O/c1-2-17-27(19-21-15-13-20(18-26)14-16-21)25(28)24(22-9-5-3-6-10-22)23-11-7-4-8-12-23/h3-16,24H,2,17,19H2,1H3. The largest absolute Gasteiger partial charge is 0.338 e. The van der Waals surface area contributed by atoms with Crippen LogP contribution in [0.25, 0.3) is 0 Å². The predicted molar refractivity (Wildman–Crippen MR) is 112 cm³/mol. The molecule has 0 spiro atoms. The molecule has 0 N–H and O–H groups in total. The molecule has 3 aromatic rings. The van der Waals surface area contributed by atoms with Gasteiger partial charge >= 0.3 is 0 Å². The van der Waals surface area contributed by atoms with Crippen molar-refractivity contribution in [2.45, 2.75) is 25.8 Å². The SMILES string of the molecule is CCCN(Cc1ccc(C#N)cc1)C(=O)C(c1ccccc1)c1ccccc1. The fourth-order valence-electron chi connectivity index (χ4n) is 3.39. The summed E-state index contributed by atoms with van der Waals surface area (Å²) in [6.45, 7) is 3.31. The maximum atomic E-state index is 13.6. The topological polar surface area (TPSA) is 44.1 Å². The van der Waals surface area contributed by atoms with Gasteiger partial charge in [0.1, 0.15) is 0 Å². The van der Waals surface area contributed by atoms with Crippen molar-refractivity contribution in [2.24, 2.45) is 0 Å². The Morgan fingerprint density at radius 3 is 1.89 bits per heavy atom. The molecule has 3 rings (SSSR count). The average molecular weight is 368 g/mol. The van der Waals surface area contributed by atoms with Crippen LogP contribution in [-0.4, -0.2) is 17.4 Å². The van der Waals surface area contributed by atoms with Crippen molar-refractivity contribution in [1.29, 1.82) is 5.26 Å². The fraction of sp³-hybridized carbons (Fsp3) is 0.200. The molecular weight excluding hydrogens is 344 g/mol. The van der Waals surface area contributed by atoms with Gasteiger partial charge in [0.25, 0.3) is 0 Å². The highest BCUT2D eigenvalue weighted by molar-refractivity contribution is 5.87. The van der Waals surface area contributed by atoms with Crippen molar-refractivity contribution in [3.8, 4) is 6.07 Å². The number of amides is 1. The minimum Gasteiger partial charge on any atom is -0.338 e. The molecule has 1 amide bonds. The van der Waals surface area contributed by atoms with Crippen LogP contribution < -0.4 is 0 Å². The summed E-state index contributed by atoms with van der Waals surface area (Å²) in [7, 11) is 0. The minimum absolute atomic E-state index is 0.101. The van der Waals surface area contributed by atoms with Crippen LogP contribution in [0, 0.1) is 11.3 Å². The van der Waals surface area contributed by atoms with Crippen LogP contribution in [-0.2, 0) is 11.3 Å². The third kappa shape index (κ3) is 4.66. The van der Waals surface area contributed by atoms with Crippen molar-refractivity contribution in [2.75, 3.05) is 6.54 Å². The highest BCUT2D eigenvalue weighted by atomic mass is 16.2. The van der Waals surface area contributed by atoms with E-state index in [4.69, 9.17) is 5.26 Å². The fourth-order valence-corrected chi connectivity index (χ4v) is 3.39. The summed E-state index contributed by atoms with van der Waals surface area (Å²) in [6.07, 6.45) is 0.887. The highest BCUT2D eigenvalue weighted by Crippen LogP contribution is 2.27. The first-order valence-corrected chi connectivity index (χ1v) is 9.60. The maximum absolute atomic E-state index is 13.6. The Morgan fingerprint density at radius 2 is 1.43 bits per heavy atom. The van der Waals surface area contributed by atoms with Gasteiger partial charge < -0.3 is 4.90 Å². The predicted octanol–water partition coefficient (Wildman–Crippen LogP) is 5.13. The summed E-state index contributed by atoms with van der Waals surface area (Å²) in [5.74, 6) is -0.226. The van der Waals surface area contributed by atoms with E-state index in [1.807, 2.05) is 77.7 Å². The van der Waals surface area contributed by atoms with E-state index >= 15 is 0 Å². The molecule has 3 nitrogen and oxygen atoms in total. The van der Waals surface area contributed by atoms with Crippen LogP contribution in [0.15, 0.2) is 84.9 Å². The maximum Gasteiger partial charge on any atom is 0.234 e. The normalized spacial score (nSPS) is 10.5. The van der Waals surface area contributed by atoms with Gasteiger partial charge in [-0.15, -0.1) is 0 Å². The van der Waals surface area contributed by atoms with Crippen molar-refractivity contribution in [3.05, 3.63) is 107 Å². The average Bonchev–Trinajstić information content (AvgIpc) is 2.75. The molecule has 0 unspecified atom stereocenters. The Morgan fingerprint density at radius 1 is 0.893 bits per heavy atom. The first-order chi connectivity index (χ1) is 13.7. The summed E-state index contributed by atoms with van der Waals surface area (Å²) >= 11 is 0. The van der Waals surface area contributed by atoms with Crippen LogP contribution in [0.3, 0.4) is 0 Å². The smallest absolute Gasteiger partial charge is 0.234 e. The first kappa shape index (κ1) is 19.4. The van der Waals surface area contributed by atoms with Gasteiger partial charge in [0, 0.05) is 13.1 Å². The van der Waals surface area contributed by atoms with Gasteiger partial charge in [0.05, 0.1) is 17.6 Å². The molecule has 0 aliphatic carbocycles. The summed E-state index contributed by atoms with van der Waals surface area (Å²) < 4.78 is 0. The van der Waals surface area contributed by atoms with Crippen LogP contribution in [0.2, 0.25) is 0 Å². The monoisotopic (exact) mass is 368 g/mol. The Kier molecular flexibility index (Phi) is 6.59. The Hall–Kier alpha value is -3.38. The van der Waals surface area contributed by atoms with Gasteiger partial charge in [-0.1, -0.05) is 79.7 Å². The van der Waals surface area contributed by atoms with E-state index in [0.717, 1.165) is 23.1 Å². The lowest BCUT2D eigenvalue weighted by atomic mass is 9.90. The second kappa shape index (κ2) is 9.53. The first-order valence-electron chi connectivity index (χ1n) is 9.60. The molecule has 0 saturated heterocycles. The van der Waals surface area contributed by atoms with E-state index in [1.54, 1.807) is 12.1 Å². The van der Waals surface area contributed by atoms with Gasteiger partial charge in [0.15, 0.2) is 0 Å². The van der Waals surface area contributed by atoms with Gasteiger partial charge in [-0.2, -0.15) is 5.26 Å². The van der Waals surface area contributed by atoms with Crippen molar-refractivity contribution in [3.63, 3.8) is 0 Å². The van der Waals surface area contributed by atoms with Gasteiger partial charge in [-0.25, -0.2) is 0 Å². The zero-order valence-corrected chi connectivity index (χ0v) is 16.1. The number of carbonyl (C=O) groups is 1. The molecule has 0 aliphatic heterocycles. The lowest BCUT2D eigenvalue weighted by Crippen LogP contribution is -2.35. The molecule has 0 heterocycles. The number of hydrogen-bond donors (Lipinski definition) is 0. The Bertz CT molecular complexity index is 888. The third-order valence-corrected chi connectivity index (χ3v) is 4.77. The molecular formula is C25H24N2O. The number of nitriles is 1. The lowest BCUT2D eigenvalue weighted by molar-refractivity contribution is -0.132. The molecule has 28 heavy (non-hydrogen) atoms. The van der Waals surface area contributed by atoms with E-state index in [-0.39, 0.29) is 11.8 Å². The zero-order chi connectivity index (χ0) is 19.8. The molecule has 0 bridgehead atoms. The van der Waals surface area contributed by atoms with Crippen molar-refractivity contribution >= 4 is 5.91 Å². The summed E-state index contributed by atoms with van der Waals surface area (Å²) in [4.78, 5) is 15.6. The van der Waals surface area contributed by atoms with Crippen LogP contribution in [0.4, 0.5) is 0 Å². The van der Waals surface area contributed by atoms with Crippen LogP contribution >= 0.6 is 0 Å². The number of carbonyl (C=O) groups excluding carboxylic acids is 1. The summed E-state index contributed by atoms with van der Waals surface area (Å²) in [5.41, 5.74) is 3.66. The molecule has 0 atom stereocenters. The summed E-state index contributed by atoms with van der Waals surface area (Å²) in [5, 5.41) is 8.99. The minimum atomic E-state index is -0.327. The highest BCUT2D eigenvalue weighted by Gasteiger charge is 2.27. The molecule has 3 aromatic carbocycles. The summed E-state index contributed by atoms with van der Waals surface area (Å²) in [6, 6.07) is 29.5. The van der Waals surface area contributed by atoms with Crippen molar-refractivity contribution in [1.82, 2.24) is 4.90 Å². The molecule has 3 heteroatoms. The van der Waals surface area contributed by atoms with E-state index in [9.17, 15) is 4.79 Å². The number of rotatable bonds is 7.